The van der Waals surface area contributed by atoms with Crippen molar-refractivity contribution in [3.63, 3.8) is 0 Å². The lowest BCUT2D eigenvalue weighted by Gasteiger charge is -2.30. The standard InChI is InChI=1S/C13H15NO4/c1-18-10-6-2-4-9-5-3-7-14(13(9)10)11(15)8-12(16)17/h2,4,6H,3,5,7-8H2,1H3,(H,16,17). The first-order chi connectivity index (χ1) is 8.63. The number of carbonyl (C=O) groups excluding carboxylic acids is 1. The smallest absolute Gasteiger partial charge is 0.312 e. The summed E-state index contributed by atoms with van der Waals surface area (Å²) in [5, 5.41) is 8.71. The highest BCUT2D eigenvalue weighted by atomic mass is 16.5. The zero-order chi connectivity index (χ0) is 13.1. The Bertz CT molecular complexity index is 470. The van der Waals surface area contributed by atoms with Crippen LogP contribution in [0, 0.1) is 0 Å². The van der Waals surface area contributed by atoms with Gasteiger partial charge in [-0.05, 0) is 24.5 Å². The van der Waals surface area contributed by atoms with E-state index in [0.717, 1.165) is 24.1 Å². The van der Waals surface area contributed by atoms with Crippen LogP contribution in [0.3, 0.4) is 0 Å². The molecule has 0 fully saturated rings. The summed E-state index contributed by atoms with van der Waals surface area (Å²) in [6.45, 7) is 0.541. The van der Waals surface area contributed by atoms with E-state index in [1.807, 2.05) is 12.1 Å². The lowest BCUT2D eigenvalue weighted by molar-refractivity contribution is -0.140. The number of carboxylic acids is 1. The predicted molar refractivity (Wildman–Crippen MR) is 65.9 cm³/mol. The largest absolute Gasteiger partial charge is 0.495 e. The molecule has 1 aliphatic rings. The van der Waals surface area contributed by atoms with Gasteiger partial charge >= 0.3 is 5.97 Å². The molecule has 1 aliphatic heterocycles. The quantitative estimate of drug-likeness (QED) is 0.823. The SMILES string of the molecule is COc1cccc2c1N(C(=O)CC(=O)O)CCC2. The predicted octanol–water partition coefficient (Wildman–Crippen LogP) is 1.45. The van der Waals surface area contributed by atoms with Crippen LogP contribution in [-0.4, -0.2) is 30.6 Å². The van der Waals surface area contributed by atoms with E-state index in [4.69, 9.17) is 9.84 Å². The Morgan fingerprint density at radius 2 is 2.22 bits per heavy atom. The summed E-state index contributed by atoms with van der Waals surface area (Å²) in [5.74, 6) is -0.888. The number of carboxylic acid groups (broad SMARTS) is 1. The van der Waals surface area contributed by atoms with E-state index in [1.165, 1.54) is 4.90 Å². The molecule has 0 aliphatic carbocycles. The van der Waals surface area contributed by atoms with Crippen molar-refractivity contribution in [2.45, 2.75) is 19.3 Å². The number of para-hydroxylation sites is 1. The van der Waals surface area contributed by atoms with Crippen LogP contribution in [0.15, 0.2) is 18.2 Å². The van der Waals surface area contributed by atoms with E-state index in [0.29, 0.717) is 12.3 Å². The molecule has 0 saturated heterocycles. The summed E-state index contributed by atoms with van der Waals surface area (Å²) in [4.78, 5) is 24.1. The van der Waals surface area contributed by atoms with Crippen LogP contribution in [0.4, 0.5) is 5.69 Å². The topological polar surface area (TPSA) is 66.8 Å². The van der Waals surface area contributed by atoms with Gasteiger partial charge < -0.3 is 14.7 Å². The minimum absolute atomic E-state index is 0.395. The number of aliphatic carboxylic acids is 1. The van der Waals surface area contributed by atoms with E-state index >= 15 is 0 Å². The molecule has 5 heteroatoms. The number of carbonyl (C=O) groups is 2. The van der Waals surface area contributed by atoms with Gasteiger partial charge in [-0.15, -0.1) is 0 Å². The summed E-state index contributed by atoms with van der Waals surface area (Å²) < 4.78 is 5.26. The van der Waals surface area contributed by atoms with Crippen LogP contribution >= 0.6 is 0 Å². The van der Waals surface area contributed by atoms with Gasteiger partial charge in [-0.2, -0.15) is 0 Å². The Kier molecular flexibility index (Phi) is 3.50. The third-order valence-corrected chi connectivity index (χ3v) is 3.00. The highest BCUT2D eigenvalue weighted by Gasteiger charge is 2.26. The van der Waals surface area contributed by atoms with Crippen molar-refractivity contribution in [1.82, 2.24) is 0 Å². The van der Waals surface area contributed by atoms with Gasteiger partial charge in [0.1, 0.15) is 12.2 Å². The number of nitrogens with zero attached hydrogens (tertiary/aromatic N) is 1. The van der Waals surface area contributed by atoms with Gasteiger partial charge in [-0.1, -0.05) is 12.1 Å². The first kappa shape index (κ1) is 12.4. The number of benzene rings is 1. The molecule has 2 rings (SSSR count). The third kappa shape index (κ3) is 2.30. The van der Waals surface area contributed by atoms with Crippen molar-refractivity contribution in [3.8, 4) is 5.75 Å². The fourth-order valence-corrected chi connectivity index (χ4v) is 2.25. The minimum Gasteiger partial charge on any atom is -0.495 e. The Balaban J connectivity index is 2.37. The Morgan fingerprint density at radius 1 is 1.44 bits per heavy atom. The number of methoxy groups -OCH3 is 1. The third-order valence-electron chi connectivity index (χ3n) is 3.00. The zero-order valence-electron chi connectivity index (χ0n) is 10.2. The van der Waals surface area contributed by atoms with Crippen LogP contribution in [0.1, 0.15) is 18.4 Å². The fraction of sp³-hybridized carbons (Fsp3) is 0.385. The molecule has 0 saturated carbocycles. The number of ether oxygens (including phenoxy) is 1. The second-order valence-corrected chi connectivity index (χ2v) is 4.19. The summed E-state index contributed by atoms with van der Waals surface area (Å²) in [5.41, 5.74) is 1.75. The van der Waals surface area contributed by atoms with Crippen molar-refractivity contribution in [2.75, 3.05) is 18.6 Å². The van der Waals surface area contributed by atoms with Gasteiger partial charge in [0.05, 0.1) is 12.8 Å². The van der Waals surface area contributed by atoms with Crippen LogP contribution in [0.25, 0.3) is 0 Å². The van der Waals surface area contributed by atoms with Gasteiger partial charge in [0, 0.05) is 6.54 Å². The summed E-state index contributed by atoms with van der Waals surface area (Å²) >= 11 is 0. The molecule has 18 heavy (non-hydrogen) atoms. The average Bonchev–Trinajstić information content (AvgIpc) is 2.36. The molecule has 0 atom stereocenters. The van der Waals surface area contributed by atoms with Gasteiger partial charge in [0.2, 0.25) is 5.91 Å². The molecule has 1 heterocycles. The van der Waals surface area contributed by atoms with Gasteiger partial charge in [0.15, 0.2) is 0 Å². The second-order valence-electron chi connectivity index (χ2n) is 4.19. The molecular weight excluding hydrogens is 234 g/mol. The number of aryl methyl sites for hydroxylation is 1. The minimum atomic E-state index is -1.11. The maximum Gasteiger partial charge on any atom is 0.312 e. The Labute approximate surface area is 105 Å². The molecule has 1 aromatic rings. The highest BCUT2D eigenvalue weighted by Crippen LogP contribution is 2.36. The van der Waals surface area contributed by atoms with Gasteiger partial charge in [-0.3, -0.25) is 9.59 Å². The summed E-state index contributed by atoms with van der Waals surface area (Å²) in [7, 11) is 1.55. The first-order valence-corrected chi connectivity index (χ1v) is 5.81. The van der Waals surface area contributed by atoms with E-state index in [1.54, 1.807) is 13.2 Å². The lowest BCUT2D eigenvalue weighted by Crippen LogP contribution is -2.36. The molecule has 0 radical (unpaired) electrons. The fourth-order valence-electron chi connectivity index (χ4n) is 2.25. The molecule has 0 bridgehead atoms. The summed E-state index contributed by atoms with van der Waals surface area (Å²) in [6, 6.07) is 5.60. The number of hydrogen-bond acceptors (Lipinski definition) is 3. The van der Waals surface area contributed by atoms with Crippen molar-refractivity contribution in [2.24, 2.45) is 0 Å². The number of hydrogen-bond donors (Lipinski definition) is 1. The molecule has 5 nitrogen and oxygen atoms in total. The molecule has 0 aromatic heterocycles. The Hall–Kier alpha value is -2.04. The molecule has 96 valence electrons. The number of fused-ring (bicyclic) bond motifs is 1. The van der Waals surface area contributed by atoms with Crippen molar-refractivity contribution < 1.29 is 19.4 Å². The van der Waals surface area contributed by atoms with E-state index < -0.39 is 18.3 Å². The Morgan fingerprint density at radius 3 is 2.89 bits per heavy atom. The number of rotatable bonds is 3. The van der Waals surface area contributed by atoms with Gasteiger partial charge in [-0.25, -0.2) is 0 Å². The van der Waals surface area contributed by atoms with Crippen molar-refractivity contribution in [1.29, 1.82) is 0 Å². The van der Waals surface area contributed by atoms with Crippen LogP contribution in [0.2, 0.25) is 0 Å². The van der Waals surface area contributed by atoms with Crippen LogP contribution < -0.4 is 9.64 Å². The molecule has 1 amide bonds. The summed E-state index contributed by atoms with van der Waals surface area (Å²) in [6.07, 6.45) is 1.23. The maximum atomic E-state index is 11.9. The molecule has 1 N–H and O–H groups in total. The monoisotopic (exact) mass is 249 g/mol. The van der Waals surface area contributed by atoms with E-state index in [2.05, 4.69) is 0 Å². The van der Waals surface area contributed by atoms with E-state index in [9.17, 15) is 9.59 Å². The molecule has 1 aromatic carbocycles. The molecule has 0 spiro atoms. The number of anilines is 1. The highest BCUT2D eigenvalue weighted by molar-refractivity contribution is 6.04. The maximum absolute atomic E-state index is 11.9. The van der Waals surface area contributed by atoms with E-state index in [-0.39, 0.29) is 0 Å². The van der Waals surface area contributed by atoms with Gasteiger partial charge in [0.25, 0.3) is 0 Å². The zero-order valence-corrected chi connectivity index (χ0v) is 10.2. The molecule has 0 unspecified atom stereocenters. The van der Waals surface area contributed by atoms with Crippen molar-refractivity contribution in [3.05, 3.63) is 23.8 Å². The van der Waals surface area contributed by atoms with Crippen LogP contribution in [-0.2, 0) is 16.0 Å². The lowest BCUT2D eigenvalue weighted by atomic mass is 10.0. The molecular formula is C13H15NO4. The normalized spacial score (nSPS) is 13.9. The van der Waals surface area contributed by atoms with Crippen LogP contribution in [0.5, 0.6) is 5.75 Å². The van der Waals surface area contributed by atoms with Crippen molar-refractivity contribution >= 4 is 17.6 Å². The number of amides is 1. The first-order valence-electron chi connectivity index (χ1n) is 5.81. The average molecular weight is 249 g/mol. The second kappa shape index (κ2) is 5.08.